The predicted octanol–water partition coefficient (Wildman–Crippen LogP) is 6.64. The third-order valence-electron chi connectivity index (χ3n) is 4.91. The highest BCUT2D eigenvalue weighted by Crippen LogP contribution is 2.25. The van der Waals surface area contributed by atoms with Gasteiger partial charge in [-0.1, -0.05) is 78.1 Å². The zero-order chi connectivity index (χ0) is 22.1. The maximum absolute atomic E-state index is 11.3. The average molecular weight is 443 g/mol. The number of unbranched alkanes of at least 4 members (excludes halogenated alkanes) is 10. The minimum Gasteiger partial charge on any atom is -0.493 e. The molecule has 1 aromatic carbocycles. The third-order valence-corrected chi connectivity index (χ3v) is 5.46. The fourth-order valence-electron chi connectivity index (χ4n) is 3.20. The van der Waals surface area contributed by atoms with Gasteiger partial charge in [-0.3, -0.25) is 4.18 Å². The van der Waals surface area contributed by atoms with Crippen LogP contribution in [0.1, 0.15) is 96.5 Å². The Morgan fingerprint density at radius 1 is 0.667 bits per heavy atom. The lowest BCUT2D eigenvalue weighted by atomic mass is 10.1. The van der Waals surface area contributed by atoms with E-state index in [1.165, 1.54) is 51.4 Å². The van der Waals surface area contributed by atoms with E-state index >= 15 is 0 Å². The summed E-state index contributed by atoms with van der Waals surface area (Å²) in [6.07, 6.45) is 15.6. The second-order valence-corrected chi connectivity index (χ2v) is 9.66. The zero-order valence-electron chi connectivity index (χ0n) is 19.3. The standard InChI is InChI=1S/C24H42O5S/c1-4-6-8-10-12-14-16-27-23-18-22(21-29-30(3,25)26)19-24(20-23)28-17-15-13-11-9-7-5-2/h18-20H,4-17,21H2,1-3H3. The summed E-state index contributed by atoms with van der Waals surface area (Å²) in [6, 6.07) is 5.55. The molecule has 6 heteroatoms. The van der Waals surface area contributed by atoms with Crippen molar-refractivity contribution in [2.45, 2.75) is 97.5 Å². The molecule has 1 rings (SSSR count). The molecule has 0 unspecified atom stereocenters. The number of ether oxygens (including phenoxy) is 2. The molecule has 30 heavy (non-hydrogen) atoms. The van der Waals surface area contributed by atoms with Gasteiger partial charge in [-0.2, -0.15) is 8.42 Å². The second kappa shape index (κ2) is 16.4. The molecule has 0 aliphatic rings. The van der Waals surface area contributed by atoms with Crippen LogP contribution in [-0.2, 0) is 20.9 Å². The number of hydrogen-bond donors (Lipinski definition) is 0. The van der Waals surface area contributed by atoms with Crippen LogP contribution >= 0.6 is 0 Å². The molecule has 0 N–H and O–H groups in total. The van der Waals surface area contributed by atoms with E-state index in [2.05, 4.69) is 13.8 Å². The van der Waals surface area contributed by atoms with Crippen LogP contribution in [0.4, 0.5) is 0 Å². The molecule has 0 aromatic heterocycles. The highest BCUT2D eigenvalue weighted by atomic mass is 32.2. The van der Waals surface area contributed by atoms with Crippen LogP contribution < -0.4 is 9.47 Å². The molecule has 1 aromatic rings. The Hall–Kier alpha value is -1.27. The predicted molar refractivity (Wildman–Crippen MR) is 124 cm³/mol. The average Bonchev–Trinajstić information content (AvgIpc) is 2.70. The van der Waals surface area contributed by atoms with E-state index in [1.807, 2.05) is 18.2 Å². The van der Waals surface area contributed by atoms with Crippen molar-refractivity contribution in [3.05, 3.63) is 23.8 Å². The molecule has 5 nitrogen and oxygen atoms in total. The summed E-state index contributed by atoms with van der Waals surface area (Å²) in [4.78, 5) is 0. The Morgan fingerprint density at radius 2 is 1.10 bits per heavy atom. The van der Waals surface area contributed by atoms with Crippen molar-refractivity contribution >= 4 is 10.1 Å². The van der Waals surface area contributed by atoms with Gasteiger partial charge in [0.15, 0.2) is 0 Å². The molecule has 0 amide bonds. The van der Waals surface area contributed by atoms with Crippen LogP contribution in [0.15, 0.2) is 18.2 Å². The van der Waals surface area contributed by atoms with Crippen LogP contribution in [0.2, 0.25) is 0 Å². The Labute approximate surface area is 184 Å². The van der Waals surface area contributed by atoms with Crippen LogP contribution in [0.5, 0.6) is 11.5 Å². The summed E-state index contributed by atoms with van der Waals surface area (Å²) in [5, 5.41) is 0. The minimum absolute atomic E-state index is 0.0135. The molecule has 0 saturated carbocycles. The van der Waals surface area contributed by atoms with Gasteiger partial charge in [-0.05, 0) is 30.5 Å². The summed E-state index contributed by atoms with van der Waals surface area (Å²) in [5.41, 5.74) is 0.735. The van der Waals surface area contributed by atoms with Gasteiger partial charge in [0, 0.05) is 6.07 Å². The van der Waals surface area contributed by atoms with Crippen molar-refractivity contribution in [1.29, 1.82) is 0 Å². The van der Waals surface area contributed by atoms with E-state index in [4.69, 9.17) is 13.7 Å². The highest BCUT2D eigenvalue weighted by molar-refractivity contribution is 7.85. The summed E-state index contributed by atoms with van der Waals surface area (Å²) in [7, 11) is -3.49. The first-order valence-corrected chi connectivity index (χ1v) is 13.5. The fourth-order valence-corrected chi connectivity index (χ4v) is 3.55. The van der Waals surface area contributed by atoms with Gasteiger partial charge in [-0.15, -0.1) is 0 Å². The number of hydrogen-bond acceptors (Lipinski definition) is 5. The van der Waals surface area contributed by atoms with Gasteiger partial charge in [-0.25, -0.2) is 0 Å². The largest absolute Gasteiger partial charge is 0.493 e. The minimum atomic E-state index is -3.49. The molecular formula is C24H42O5S. The van der Waals surface area contributed by atoms with Gasteiger partial charge in [0.25, 0.3) is 10.1 Å². The van der Waals surface area contributed by atoms with E-state index in [0.29, 0.717) is 24.7 Å². The normalized spacial score (nSPS) is 11.6. The summed E-state index contributed by atoms with van der Waals surface area (Å²) < 4.78 is 39.4. The molecule has 0 saturated heterocycles. The zero-order valence-corrected chi connectivity index (χ0v) is 20.1. The maximum Gasteiger partial charge on any atom is 0.264 e. The van der Waals surface area contributed by atoms with E-state index < -0.39 is 10.1 Å². The number of rotatable bonds is 19. The topological polar surface area (TPSA) is 61.8 Å². The maximum atomic E-state index is 11.3. The molecule has 0 bridgehead atoms. The van der Waals surface area contributed by atoms with Crippen LogP contribution in [0.3, 0.4) is 0 Å². The molecule has 0 aliphatic carbocycles. The lowest BCUT2D eigenvalue weighted by Crippen LogP contribution is -2.05. The van der Waals surface area contributed by atoms with Crippen molar-refractivity contribution < 1.29 is 22.1 Å². The SMILES string of the molecule is CCCCCCCCOc1cc(COS(C)(=O)=O)cc(OCCCCCCCC)c1. The van der Waals surface area contributed by atoms with Crippen molar-refractivity contribution in [3.63, 3.8) is 0 Å². The first-order valence-electron chi connectivity index (χ1n) is 11.7. The van der Waals surface area contributed by atoms with Crippen LogP contribution in [-0.4, -0.2) is 27.9 Å². The number of benzene rings is 1. The molecule has 0 radical (unpaired) electrons. The molecular weight excluding hydrogens is 400 g/mol. The lowest BCUT2D eigenvalue weighted by Gasteiger charge is -2.13. The molecule has 0 heterocycles. The van der Waals surface area contributed by atoms with Gasteiger partial charge < -0.3 is 9.47 Å². The first-order chi connectivity index (χ1) is 14.4. The van der Waals surface area contributed by atoms with Crippen LogP contribution in [0, 0.1) is 0 Å². The van der Waals surface area contributed by atoms with E-state index in [0.717, 1.165) is 37.5 Å². The molecule has 0 spiro atoms. The van der Waals surface area contributed by atoms with E-state index in [9.17, 15) is 8.42 Å². The summed E-state index contributed by atoms with van der Waals surface area (Å²) >= 11 is 0. The Kier molecular flexibility index (Phi) is 14.7. The van der Waals surface area contributed by atoms with Gasteiger partial charge >= 0.3 is 0 Å². The quantitative estimate of drug-likeness (QED) is 0.177. The smallest absolute Gasteiger partial charge is 0.264 e. The molecule has 174 valence electrons. The lowest BCUT2D eigenvalue weighted by molar-refractivity contribution is 0.283. The molecule has 0 fully saturated rings. The summed E-state index contributed by atoms with van der Waals surface area (Å²) in [6.45, 7) is 5.73. The summed E-state index contributed by atoms with van der Waals surface area (Å²) in [5.74, 6) is 1.41. The molecule has 0 atom stereocenters. The van der Waals surface area contributed by atoms with Crippen molar-refractivity contribution in [2.75, 3.05) is 19.5 Å². The Bertz CT molecular complexity index is 621. The monoisotopic (exact) mass is 442 g/mol. The van der Waals surface area contributed by atoms with Gasteiger partial charge in [0.1, 0.15) is 11.5 Å². The highest BCUT2D eigenvalue weighted by Gasteiger charge is 2.08. The first kappa shape index (κ1) is 26.8. The fraction of sp³-hybridized carbons (Fsp3) is 0.750. The van der Waals surface area contributed by atoms with Crippen molar-refractivity contribution in [2.24, 2.45) is 0 Å². The van der Waals surface area contributed by atoms with E-state index in [1.54, 1.807) is 0 Å². The third kappa shape index (κ3) is 14.7. The Balaban J connectivity index is 2.52. The van der Waals surface area contributed by atoms with Crippen molar-refractivity contribution in [1.82, 2.24) is 0 Å². The Morgan fingerprint density at radius 3 is 1.53 bits per heavy atom. The van der Waals surface area contributed by atoms with E-state index in [-0.39, 0.29) is 6.61 Å². The van der Waals surface area contributed by atoms with Crippen LogP contribution in [0.25, 0.3) is 0 Å². The van der Waals surface area contributed by atoms with Gasteiger partial charge in [0.2, 0.25) is 0 Å². The molecule has 0 aliphatic heterocycles. The van der Waals surface area contributed by atoms with Crippen molar-refractivity contribution in [3.8, 4) is 11.5 Å². The van der Waals surface area contributed by atoms with Gasteiger partial charge in [0.05, 0.1) is 26.1 Å². The second-order valence-electron chi connectivity index (χ2n) is 8.01.